The zero-order valence-corrected chi connectivity index (χ0v) is 58.3. The standard InChI is InChI=1S/C80H153NO5/c1-3-5-7-9-11-13-15-17-19-20-38-42-46-50-54-58-62-66-70-74-80(85)86-75-71-67-63-59-55-51-47-43-40-37-35-33-31-29-27-25-23-21-22-24-26-28-30-32-34-36-39-41-45-49-53-57-61-65-69-73-79(84)81-77(76-82)78(83)72-68-64-60-56-52-48-44-18-16-14-12-10-8-6-4-2/h17,19,23,25,68,72,77-78,82-83H,3-16,18,20-22,24,26-67,69-71,73-76H2,1-2H3,(H,81,84)/b19-17-,25-23-,72-68+. The van der Waals surface area contributed by atoms with E-state index in [0.717, 1.165) is 38.5 Å². The fraction of sp³-hybridized carbons (Fsp3) is 0.900. The molecule has 0 aliphatic carbocycles. The maximum atomic E-state index is 12.5. The number of nitrogens with one attached hydrogen (secondary N) is 1. The van der Waals surface area contributed by atoms with E-state index in [1.54, 1.807) is 6.08 Å². The van der Waals surface area contributed by atoms with E-state index < -0.39 is 12.1 Å². The van der Waals surface area contributed by atoms with Crippen molar-refractivity contribution in [2.24, 2.45) is 0 Å². The number of unbranched alkanes of at least 4 members (excludes halogenated alkanes) is 59. The largest absolute Gasteiger partial charge is 0.466 e. The normalized spacial score (nSPS) is 12.7. The Kier molecular flexibility index (Phi) is 73.9. The van der Waals surface area contributed by atoms with Crippen LogP contribution in [0.1, 0.15) is 438 Å². The lowest BCUT2D eigenvalue weighted by Crippen LogP contribution is -2.45. The van der Waals surface area contributed by atoms with Gasteiger partial charge in [0.05, 0.1) is 25.4 Å². The van der Waals surface area contributed by atoms with E-state index in [4.69, 9.17) is 4.74 Å². The molecule has 86 heavy (non-hydrogen) atoms. The molecule has 0 aromatic rings. The highest BCUT2D eigenvalue weighted by atomic mass is 16.5. The molecule has 0 radical (unpaired) electrons. The SMILES string of the molecule is CCCCCCCC/C=C\CCCCCCCCCCCC(=O)OCCCCCCCCCCCCCCCC/C=C\CCCCCCCCCCCCCCCCCCCC(=O)NC(CO)C(O)/C=C/CCCCCCCCCCCCCCC. The summed E-state index contributed by atoms with van der Waals surface area (Å²) in [4.78, 5) is 24.6. The lowest BCUT2D eigenvalue weighted by Gasteiger charge is -2.20. The van der Waals surface area contributed by atoms with Gasteiger partial charge in [-0.2, -0.15) is 0 Å². The molecule has 0 fully saturated rings. The number of amides is 1. The molecule has 0 aliphatic rings. The Morgan fingerprint density at radius 3 is 0.826 bits per heavy atom. The molecule has 3 N–H and O–H groups in total. The minimum Gasteiger partial charge on any atom is -0.466 e. The van der Waals surface area contributed by atoms with E-state index >= 15 is 0 Å². The molecule has 6 nitrogen and oxygen atoms in total. The Morgan fingerprint density at radius 2 is 0.547 bits per heavy atom. The topological polar surface area (TPSA) is 95.9 Å². The lowest BCUT2D eigenvalue weighted by atomic mass is 10.0. The van der Waals surface area contributed by atoms with Gasteiger partial charge in [-0.3, -0.25) is 9.59 Å². The smallest absolute Gasteiger partial charge is 0.305 e. The van der Waals surface area contributed by atoms with Crippen molar-refractivity contribution in [3.8, 4) is 0 Å². The number of hydrogen-bond acceptors (Lipinski definition) is 5. The van der Waals surface area contributed by atoms with Crippen LogP contribution in [0.5, 0.6) is 0 Å². The highest BCUT2D eigenvalue weighted by Crippen LogP contribution is 2.19. The van der Waals surface area contributed by atoms with Crippen LogP contribution in [0.15, 0.2) is 36.5 Å². The third-order valence-corrected chi connectivity index (χ3v) is 18.4. The van der Waals surface area contributed by atoms with Gasteiger partial charge in [-0.05, 0) is 83.5 Å². The first-order valence-corrected chi connectivity index (χ1v) is 39.3. The predicted octanol–water partition coefficient (Wildman–Crippen LogP) is 25.8. The van der Waals surface area contributed by atoms with E-state index in [0.29, 0.717) is 19.4 Å². The maximum Gasteiger partial charge on any atom is 0.305 e. The molecule has 0 bridgehead atoms. The molecule has 0 aromatic heterocycles. The molecule has 0 rings (SSSR count). The van der Waals surface area contributed by atoms with Crippen LogP contribution < -0.4 is 5.32 Å². The lowest BCUT2D eigenvalue weighted by molar-refractivity contribution is -0.143. The second-order valence-corrected chi connectivity index (χ2v) is 27.0. The van der Waals surface area contributed by atoms with Crippen LogP contribution in [-0.2, 0) is 14.3 Å². The van der Waals surface area contributed by atoms with Crippen molar-refractivity contribution in [3.63, 3.8) is 0 Å². The molecule has 0 saturated heterocycles. The number of ether oxygens (including phenoxy) is 1. The summed E-state index contributed by atoms with van der Waals surface area (Å²) < 4.78 is 5.52. The molecule has 2 unspecified atom stereocenters. The molecule has 2 atom stereocenters. The number of allylic oxidation sites excluding steroid dienone is 5. The Hall–Kier alpha value is -1.92. The second-order valence-electron chi connectivity index (χ2n) is 27.0. The average Bonchev–Trinajstić information content (AvgIpc) is 3.54. The predicted molar refractivity (Wildman–Crippen MR) is 379 cm³/mol. The second kappa shape index (κ2) is 75.5. The van der Waals surface area contributed by atoms with Crippen molar-refractivity contribution in [3.05, 3.63) is 36.5 Å². The minimum absolute atomic E-state index is 0.0203. The van der Waals surface area contributed by atoms with E-state index in [-0.39, 0.29) is 18.5 Å². The molecule has 0 aromatic carbocycles. The number of aliphatic hydroxyl groups excluding tert-OH is 2. The van der Waals surface area contributed by atoms with Crippen LogP contribution in [0.3, 0.4) is 0 Å². The fourth-order valence-corrected chi connectivity index (χ4v) is 12.4. The van der Waals surface area contributed by atoms with Gasteiger partial charge in [-0.25, -0.2) is 0 Å². The number of aliphatic hydroxyl groups is 2. The summed E-state index contributed by atoms with van der Waals surface area (Å²) in [6, 6.07) is -0.625. The van der Waals surface area contributed by atoms with Gasteiger partial charge >= 0.3 is 5.97 Å². The summed E-state index contributed by atoms with van der Waals surface area (Å²) >= 11 is 0. The monoisotopic (exact) mass is 1210 g/mol. The van der Waals surface area contributed by atoms with Crippen LogP contribution in [-0.4, -0.2) is 47.4 Å². The first kappa shape index (κ1) is 84.1. The van der Waals surface area contributed by atoms with E-state index in [2.05, 4.69) is 43.5 Å². The number of esters is 1. The Labute approximate surface area is 538 Å². The number of carbonyl (C=O) groups excluding carboxylic acids is 2. The molecule has 0 aliphatic heterocycles. The molecule has 1 amide bonds. The minimum atomic E-state index is -0.842. The third-order valence-electron chi connectivity index (χ3n) is 18.4. The zero-order valence-electron chi connectivity index (χ0n) is 58.3. The highest BCUT2D eigenvalue weighted by Gasteiger charge is 2.18. The summed E-state index contributed by atoms with van der Waals surface area (Å²) in [5.74, 6) is -0.0415. The Bertz CT molecular complexity index is 1390. The molecule has 508 valence electrons. The van der Waals surface area contributed by atoms with Gasteiger partial charge in [0.2, 0.25) is 5.91 Å². The van der Waals surface area contributed by atoms with Crippen LogP contribution in [0.4, 0.5) is 0 Å². The van der Waals surface area contributed by atoms with Crippen molar-refractivity contribution in [2.75, 3.05) is 13.2 Å². The first-order chi connectivity index (χ1) is 42.5. The molecular formula is C80H153NO5. The summed E-state index contributed by atoms with van der Waals surface area (Å²) in [7, 11) is 0. The number of hydrogen-bond donors (Lipinski definition) is 3. The summed E-state index contributed by atoms with van der Waals surface area (Å²) in [5.41, 5.74) is 0. The van der Waals surface area contributed by atoms with Crippen LogP contribution in [0.2, 0.25) is 0 Å². The Morgan fingerprint density at radius 1 is 0.314 bits per heavy atom. The van der Waals surface area contributed by atoms with E-state index in [9.17, 15) is 19.8 Å². The van der Waals surface area contributed by atoms with Crippen LogP contribution in [0, 0.1) is 0 Å². The molecule has 0 saturated carbocycles. The fourth-order valence-electron chi connectivity index (χ4n) is 12.4. The molecule has 0 spiro atoms. The maximum absolute atomic E-state index is 12.5. The van der Waals surface area contributed by atoms with Crippen molar-refractivity contribution < 1.29 is 24.5 Å². The van der Waals surface area contributed by atoms with Crippen LogP contribution >= 0.6 is 0 Å². The van der Waals surface area contributed by atoms with Gasteiger partial charge < -0.3 is 20.3 Å². The third kappa shape index (κ3) is 71.2. The average molecular weight is 1210 g/mol. The van der Waals surface area contributed by atoms with Crippen molar-refractivity contribution in [2.45, 2.75) is 450 Å². The van der Waals surface area contributed by atoms with Crippen LogP contribution in [0.25, 0.3) is 0 Å². The van der Waals surface area contributed by atoms with Gasteiger partial charge in [0, 0.05) is 12.8 Å². The van der Waals surface area contributed by atoms with Crippen molar-refractivity contribution >= 4 is 11.9 Å². The molecule has 0 heterocycles. The first-order valence-electron chi connectivity index (χ1n) is 39.3. The van der Waals surface area contributed by atoms with Crippen molar-refractivity contribution in [1.82, 2.24) is 5.32 Å². The Balaban J connectivity index is 3.33. The highest BCUT2D eigenvalue weighted by molar-refractivity contribution is 5.76. The van der Waals surface area contributed by atoms with E-state index in [1.807, 2.05) is 6.08 Å². The van der Waals surface area contributed by atoms with Gasteiger partial charge in [0.25, 0.3) is 0 Å². The number of rotatable bonds is 74. The van der Waals surface area contributed by atoms with Gasteiger partial charge in [-0.1, -0.05) is 378 Å². The molecular weight excluding hydrogens is 1050 g/mol. The van der Waals surface area contributed by atoms with Gasteiger partial charge in [0.1, 0.15) is 0 Å². The van der Waals surface area contributed by atoms with Gasteiger partial charge in [-0.15, -0.1) is 0 Å². The zero-order chi connectivity index (χ0) is 62.0. The number of carbonyl (C=O) groups is 2. The summed E-state index contributed by atoms with van der Waals surface area (Å²) in [5, 5.41) is 23.2. The molecule has 6 heteroatoms. The van der Waals surface area contributed by atoms with Gasteiger partial charge in [0.15, 0.2) is 0 Å². The van der Waals surface area contributed by atoms with E-state index in [1.165, 1.54) is 372 Å². The summed E-state index contributed by atoms with van der Waals surface area (Å²) in [6.07, 6.45) is 98.4. The van der Waals surface area contributed by atoms with Crippen molar-refractivity contribution in [1.29, 1.82) is 0 Å². The summed E-state index contributed by atoms with van der Waals surface area (Å²) in [6.45, 7) is 4.94. The quantitative estimate of drug-likeness (QED) is 0.0320.